The van der Waals surface area contributed by atoms with Crippen LogP contribution in [0.25, 0.3) is 5.57 Å². The van der Waals surface area contributed by atoms with Crippen molar-refractivity contribution < 1.29 is 28.5 Å². The number of anilines is 4. The van der Waals surface area contributed by atoms with Crippen molar-refractivity contribution in [3.8, 4) is 11.5 Å². The van der Waals surface area contributed by atoms with Gasteiger partial charge in [0.2, 0.25) is 0 Å². The van der Waals surface area contributed by atoms with Crippen molar-refractivity contribution in [1.82, 2.24) is 0 Å². The molecular formula is C42H36Br2N2O6. The molecule has 0 aromatic heterocycles. The van der Waals surface area contributed by atoms with E-state index in [-0.39, 0.29) is 13.2 Å². The minimum atomic E-state index is -0.981. The molecule has 5 aromatic rings. The summed E-state index contributed by atoms with van der Waals surface area (Å²) in [6.07, 6.45) is 5.47. The molecule has 0 fully saturated rings. The summed E-state index contributed by atoms with van der Waals surface area (Å²) in [6.45, 7) is 3.84. The fourth-order valence-electron chi connectivity index (χ4n) is 6.13. The number of nitrogens with zero attached hydrogens (tertiary/aromatic N) is 2. The minimum Gasteiger partial charge on any atom is -0.434 e. The maximum atomic E-state index is 12.5. The Morgan fingerprint density at radius 1 is 0.615 bits per heavy atom. The van der Waals surface area contributed by atoms with Gasteiger partial charge in [0, 0.05) is 50.2 Å². The lowest BCUT2D eigenvalue weighted by Gasteiger charge is -2.52. The first kappa shape index (κ1) is 36.5. The number of hydrogen-bond acceptors (Lipinski definition) is 8. The number of benzene rings is 5. The molecule has 264 valence electrons. The molecule has 0 aliphatic heterocycles. The van der Waals surface area contributed by atoms with E-state index in [0.29, 0.717) is 17.9 Å². The molecule has 0 atom stereocenters. The molecule has 0 N–H and O–H groups in total. The summed E-state index contributed by atoms with van der Waals surface area (Å²) >= 11 is 7.23. The Morgan fingerprint density at radius 2 is 1.10 bits per heavy atom. The molecule has 5 aromatic carbocycles. The van der Waals surface area contributed by atoms with Gasteiger partial charge in [0.25, 0.3) is 0 Å². The van der Waals surface area contributed by atoms with Crippen LogP contribution < -0.4 is 19.3 Å². The first-order valence-electron chi connectivity index (χ1n) is 16.8. The molecule has 0 radical (unpaired) electrons. The van der Waals surface area contributed by atoms with Crippen LogP contribution in [0.4, 0.5) is 32.3 Å². The van der Waals surface area contributed by atoms with E-state index in [1.807, 2.05) is 103 Å². The molecule has 6 rings (SSSR count). The summed E-state index contributed by atoms with van der Waals surface area (Å²) < 4.78 is 23.2. The van der Waals surface area contributed by atoms with Gasteiger partial charge < -0.3 is 28.7 Å². The zero-order valence-corrected chi connectivity index (χ0v) is 31.7. The van der Waals surface area contributed by atoms with E-state index in [0.717, 1.165) is 42.8 Å². The van der Waals surface area contributed by atoms with Crippen LogP contribution >= 0.6 is 31.9 Å². The Balaban J connectivity index is 1.61. The van der Waals surface area contributed by atoms with E-state index in [1.165, 1.54) is 0 Å². The quantitative estimate of drug-likeness (QED) is 0.0740. The van der Waals surface area contributed by atoms with Gasteiger partial charge in [0.1, 0.15) is 17.2 Å². The second-order valence-corrected chi connectivity index (χ2v) is 13.5. The highest BCUT2D eigenvalue weighted by atomic mass is 79.9. The van der Waals surface area contributed by atoms with Crippen molar-refractivity contribution in [3.05, 3.63) is 160 Å². The van der Waals surface area contributed by atoms with Gasteiger partial charge in [-0.1, -0.05) is 86.5 Å². The van der Waals surface area contributed by atoms with Crippen molar-refractivity contribution in [1.29, 1.82) is 0 Å². The number of carbonyl (C=O) groups excluding carboxylic acids is 2. The van der Waals surface area contributed by atoms with Crippen LogP contribution in [-0.2, 0) is 9.47 Å². The maximum Gasteiger partial charge on any atom is 0.513 e. The van der Waals surface area contributed by atoms with Gasteiger partial charge in [-0.2, -0.15) is 0 Å². The van der Waals surface area contributed by atoms with Gasteiger partial charge in [-0.3, -0.25) is 0 Å². The number of rotatable bonds is 11. The van der Waals surface area contributed by atoms with E-state index < -0.39 is 18.0 Å². The van der Waals surface area contributed by atoms with Crippen molar-refractivity contribution >= 4 is 72.5 Å². The van der Waals surface area contributed by atoms with E-state index in [4.69, 9.17) is 18.9 Å². The van der Waals surface area contributed by atoms with E-state index >= 15 is 0 Å². The molecule has 10 heteroatoms. The highest BCUT2D eigenvalue weighted by Crippen LogP contribution is 2.48. The van der Waals surface area contributed by atoms with Crippen LogP contribution in [0.15, 0.2) is 155 Å². The van der Waals surface area contributed by atoms with Gasteiger partial charge in [-0.25, -0.2) is 9.59 Å². The van der Waals surface area contributed by atoms with E-state index in [9.17, 15) is 9.59 Å². The molecular weight excluding hydrogens is 788 g/mol. The molecule has 1 aliphatic carbocycles. The van der Waals surface area contributed by atoms with E-state index in [1.54, 1.807) is 26.0 Å². The lowest BCUT2D eigenvalue weighted by atomic mass is 9.88. The number of ether oxygens (including phenoxy) is 4. The average Bonchev–Trinajstić information content (AvgIpc) is 3.15. The Kier molecular flexibility index (Phi) is 11.8. The molecule has 0 bridgehead atoms. The largest absolute Gasteiger partial charge is 0.513 e. The first-order valence-corrected chi connectivity index (χ1v) is 18.3. The summed E-state index contributed by atoms with van der Waals surface area (Å²) in [5, 5.41) is 0. The van der Waals surface area contributed by atoms with Crippen LogP contribution in [0, 0.1) is 0 Å². The van der Waals surface area contributed by atoms with Gasteiger partial charge >= 0.3 is 12.3 Å². The van der Waals surface area contributed by atoms with Crippen molar-refractivity contribution in [2.75, 3.05) is 23.0 Å². The fraction of sp³-hybridized carbons (Fsp3) is 0.143. The Bertz CT molecular complexity index is 1950. The van der Waals surface area contributed by atoms with Gasteiger partial charge in [-0.15, -0.1) is 0 Å². The van der Waals surface area contributed by atoms with Crippen LogP contribution in [0.3, 0.4) is 0 Å². The molecule has 0 saturated carbocycles. The number of hydrogen-bond donors (Lipinski definition) is 0. The normalized spacial score (nSPS) is 13.0. The Labute approximate surface area is 320 Å². The molecule has 0 heterocycles. The smallest absolute Gasteiger partial charge is 0.434 e. The van der Waals surface area contributed by atoms with Gasteiger partial charge in [-0.05, 0) is 104 Å². The molecule has 0 amide bonds. The third-order valence-electron chi connectivity index (χ3n) is 8.28. The van der Waals surface area contributed by atoms with Gasteiger partial charge in [0.05, 0.1) is 13.2 Å². The van der Waals surface area contributed by atoms with Crippen LogP contribution in [-0.4, -0.2) is 31.2 Å². The summed E-state index contributed by atoms with van der Waals surface area (Å²) in [4.78, 5) is 29.3. The zero-order valence-electron chi connectivity index (χ0n) is 28.6. The fourth-order valence-corrected chi connectivity index (χ4v) is 6.66. The maximum absolute atomic E-state index is 12.5. The highest BCUT2D eigenvalue weighted by Gasteiger charge is 2.44. The minimum absolute atomic E-state index is 0.189. The molecule has 1 aliphatic rings. The average molecular weight is 825 g/mol. The van der Waals surface area contributed by atoms with Gasteiger partial charge in [0.15, 0.2) is 0 Å². The third kappa shape index (κ3) is 8.41. The number of halogens is 2. The Morgan fingerprint density at radius 3 is 1.52 bits per heavy atom. The third-order valence-corrected chi connectivity index (χ3v) is 9.34. The lowest BCUT2D eigenvalue weighted by Crippen LogP contribution is -2.57. The predicted octanol–water partition coefficient (Wildman–Crippen LogP) is 12.0. The number of allylic oxidation sites excluding steroid dienone is 2. The lowest BCUT2D eigenvalue weighted by molar-refractivity contribution is 0.103. The molecule has 0 unspecified atom stereocenters. The Hall–Kier alpha value is -5.32. The van der Waals surface area contributed by atoms with E-state index in [2.05, 4.69) is 72.0 Å². The monoisotopic (exact) mass is 822 g/mol. The first-order chi connectivity index (χ1) is 25.3. The number of carbonyl (C=O) groups is 2. The topological polar surface area (TPSA) is 77.5 Å². The molecule has 52 heavy (non-hydrogen) atoms. The zero-order chi connectivity index (χ0) is 36.5. The van der Waals surface area contributed by atoms with Crippen LogP contribution in [0.1, 0.15) is 25.8 Å². The molecule has 0 spiro atoms. The second kappa shape index (κ2) is 16.8. The predicted molar refractivity (Wildman–Crippen MR) is 212 cm³/mol. The SMILES string of the molecule is CCOC(=O)Oc1cccc(N(c2ccc(Br)cc2)C2(N(c3ccc(Br)cc3)c3cccc(OC(=O)OCC)c3)C=CC(c3ccccc3)=CC2)c1. The highest BCUT2D eigenvalue weighted by molar-refractivity contribution is 9.10. The van der Waals surface area contributed by atoms with Crippen molar-refractivity contribution in [2.24, 2.45) is 0 Å². The van der Waals surface area contributed by atoms with Crippen molar-refractivity contribution in [3.63, 3.8) is 0 Å². The second-order valence-electron chi connectivity index (χ2n) is 11.6. The van der Waals surface area contributed by atoms with Crippen LogP contribution in [0.2, 0.25) is 0 Å². The van der Waals surface area contributed by atoms with Crippen molar-refractivity contribution in [2.45, 2.75) is 25.9 Å². The molecule has 8 nitrogen and oxygen atoms in total. The molecule has 0 saturated heterocycles. The summed E-state index contributed by atoms with van der Waals surface area (Å²) in [7, 11) is 0. The summed E-state index contributed by atoms with van der Waals surface area (Å²) in [5.41, 5.74) is 4.38. The van der Waals surface area contributed by atoms with Crippen LogP contribution in [0.5, 0.6) is 11.5 Å². The summed E-state index contributed by atoms with van der Waals surface area (Å²) in [5.74, 6) is 0.655. The standard InChI is InChI=1S/C42H36Br2N2O6/c1-3-49-40(47)51-38-14-8-12-36(28-38)45(34-20-16-32(43)17-21-34)42(26-24-31(25-27-42)30-10-6-5-7-11-30)46(35-22-18-33(44)19-23-35)37-13-9-15-39(29-37)52-41(48)50-4-2/h5-26,28-29H,3-4,27H2,1-2H3. The summed E-state index contributed by atoms with van der Waals surface area (Å²) in [6, 6.07) is 41.1.